The molecule has 0 aliphatic rings. The van der Waals surface area contributed by atoms with Gasteiger partial charge in [-0.25, -0.2) is 0 Å². The Morgan fingerprint density at radius 1 is 0.500 bits per heavy atom. The standard InChI is InChI=1S/C69H53N5O.Pt/c1-43-30-31-48(71-42-72(60-28-14-13-27-59(60)71)66-50(44-19-9-8-10-20-44)22-17-23-51(66)45-35-46(68(2,3)4)37-47(36-45)69(5,6)7)38-64(43)75-49-32-33-53-56-40-57-55-25-18-24-54-52-21-11-12-26-58(52)74(67(54)55)63(57)41-62(56)73(61(53)39-49)65-29-15-16-34-70-65;/h8-37,40-41H,1-7H3;/q-2;/i1D3;. The maximum atomic E-state index is 8.80. The molecule has 6 nitrogen and oxygen atoms in total. The molecule has 76 heavy (non-hydrogen) atoms. The van der Waals surface area contributed by atoms with Crippen molar-refractivity contribution in [3.63, 3.8) is 0 Å². The molecule has 0 unspecified atom stereocenters. The van der Waals surface area contributed by atoms with Crippen LogP contribution in [0, 0.1) is 22.8 Å². The zero-order valence-corrected chi connectivity index (χ0v) is 45.2. The molecule has 0 fully saturated rings. The number of ether oxygens (including phenoxy) is 1. The van der Waals surface area contributed by atoms with Crippen molar-refractivity contribution in [2.75, 3.05) is 0 Å². The Morgan fingerprint density at radius 3 is 1.87 bits per heavy atom. The fourth-order valence-corrected chi connectivity index (χ4v) is 12.6. The molecule has 0 saturated heterocycles. The summed E-state index contributed by atoms with van der Waals surface area (Å²) < 4.78 is 43.1. The average molecular weight is 1170 g/mol. The average Bonchev–Trinajstić information content (AvgIpc) is 3.24. The molecule has 5 heterocycles. The first-order valence-corrected chi connectivity index (χ1v) is 26.9. The topological polar surface area (TPSA) is 41.3 Å². The third kappa shape index (κ3) is 7.18. The van der Waals surface area contributed by atoms with Gasteiger partial charge in [0.1, 0.15) is 0 Å². The van der Waals surface area contributed by atoms with E-state index in [1.165, 1.54) is 32.8 Å². The van der Waals surface area contributed by atoms with E-state index in [1.807, 2.05) is 42.5 Å². The third-order valence-corrected chi connectivity index (χ3v) is 16.3. The number of hydrogen-bond acceptors (Lipinski definition) is 2. The van der Waals surface area contributed by atoms with Crippen LogP contribution in [0.25, 0.3) is 110 Å². The van der Waals surface area contributed by atoms with Crippen molar-refractivity contribution < 1.29 is 28.2 Å². The van der Waals surface area contributed by atoms with E-state index in [0.717, 1.165) is 86.8 Å². The molecule has 0 atom stereocenters. The quantitative estimate of drug-likeness (QED) is 0.149. The van der Waals surface area contributed by atoms with E-state index < -0.39 is 6.85 Å². The monoisotopic (exact) mass is 1170 g/mol. The van der Waals surface area contributed by atoms with Gasteiger partial charge in [0, 0.05) is 27.7 Å². The molecule has 0 amide bonds. The van der Waals surface area contributed by atoms with Gasteiger partial charge in [0.2, 0.25) is 0 Å². The van der Waals surface area contributed by atoms with Crippen molar-refractivity contribution in [3.8, 4) is 50.9 Å². The van der Waals surface area contributed by atoms with Crippen LogP contribution in [-0.2, 0) is 30.2 Å². The SMILES string of the molecule is [2H]C([2H])([2H])c1ccc(-n2[c](=[Pt])n(-c3c(-c4ccccc4)cccc3-c3cc(C(C)(C)C)cc(C(C)(C)C)c3)c3ccccc32)[c-]c1Oc1[c-]c2c(cc1)c1cc3c4cccc5c6ccccc6n(c3cc1n2-c1ccccn1)c54. The Hall–Kier alpha value is -8.31. The molecule has 14 aromatic rings. The molecular weight excluding hydrogens is 1110 g/mol. The minimum atomic E-state index is -2.52. The molecule has 0 radical (unpaired) electrons. The van der Waals surface area contributed by atoms with Crippen molar-refractivity contribution in [2.45, 2.75) is 59.2 Å². The number of para-hydroxylation sites is 5. The fourth-order valence-electron chi connectivity index (χ4n) is 11.5. The van der Waals surface area contributed by atoms with Crippen LogP contribution < -0.4 is 4.74 Å². The number of aromatic nitrogens is 5. The number of pyridine rings is 1. The molecule has 14 rings (SSSR count). The zero-order chi connectivity index (χ0) is 54.3. The van der Waals surface area contributed by atoms with E-state index in [2.05, 4.69) is 231 Å². The van der Waals surface area contributed by atoms with Crippen LogP contribution in [0.1, 0.15) is 62.3 Å². The third-order valence-electron chi connectivity index (χ3n) is 15.2. The van der Waals surface area contributed by atoms with Gasteiger partial charge in [-0.1, -0.05) is 42.5 Å². The van der Waals surface area contributed by atoms with Crippen molar-refractivity contribution in [1.29, 1.82) is 0 Å². The summed E-state index contributed by atoms with van der Waals surface area (Å²) in [4.78, 5) is 4.88. The second-order valence-electron chi connectivity index (χ2n) is 22.0. The normalized spacial score (nSPS) is 13.2. The molecular formula is C69H53N5OPt-2. The van der Waals surface area contributed by atoms with Crippen molar-refractivity contribution >= 4 is 70.9 Å². The number of imidazole rings is 1. The van der Waals surface area contributed by atoms with Crippen LogP contribution in [0.3, 0.4) is 0 Å². The van der Waals surface area contributed by atoms with E-state index in [4.69, 9.17) is 13.8 Å². The van der Waals surface area contributed by atoms with E-state index in [1.54, 1.807) is 12.3 Å². The minimum Gasteiger partial charge on any atom is -0.0570 e. The summed E-state index contributed by atoms with van der Waals surface area (Å²) in [5, 5.41) is 6.81. The van der Waals surface area contributed by atoms with Gasteiger partial charge >= 0.3 is 356 Å². The molecule has 0 saturated carbocycles. The number of fused-ring (bicyclic) bond motifs is 10. The molecule has 0 N–H and O–H groups in total. The van der Waals surface area contributed by atoms with Gasteiger partial charge < -0.3 is 4.40 Å². The Balaban J connectivity index is 0.960. The van der Waals surface area contributed by atoms with Crippen LogP contribution in [0.2, 0.25) is 0 Å². The van der Waals surface area contributed by atoms with Crippen LogP contribution in [0.5, 0.6) is 11.5 Å². The number of benzene rings is 9. The number of aryl methyl sites for hydroxylation is 1. The molecule has 0 aliphatic carbocycles. The maximum absolute atomic E-state index is 8.80. The summed E-state index contributed by atoms with van der Waals surface area (Å²) in [5.41, 5.74) is 15.5. The van der Waals surface area contributed by atoms with Crippen molar-refractivity contribution in [2.24, 2.45) is 0 Å². The van der Waals surface area contributed by atoms with Gasteiger partial charge in [-0.15, -0.1) is 0 Å². The second-order valence-corrected chi connectivity index (χ2v) is 23.0. The van der Waals surface area contributed by atoms with Crippen molar-refractivity contribution in [1.82, 2.24) is 23.1 Å². The Morgan fingerprint density at radius 2 is 1.14 bits per heavy atom. The van der Waals surface area contributed by atoms with E-state index >= 15 is 0 Å². The molecule has 0 bridgehead atoms. The van der Waals surface area contributed by atoms with Crippen LogP contribution in [0.15, 0.2) is 194 Å². The summed E-state index contributed by atoms with van der Waals surface area (Å²) in [6.07, 6.45) is 1.80. The van der Waals surface area contributed by atoms with Gasteiger partial charge in [0.25, 0.3) is 0 Å². The summed E-state index contributed by atoms with van der Waals surface area (Å²) in [6.45, 7) is 11.1. The van der Waals surface area contributed by atoms with Gasteiger partial charge in [-0.3, -0.25) is 0 Å². The Kier molecular flexibility index (Phi) is 9.68. The van der Waals surface area contributed by atoms with E-state index in [9.17, 15) is 0 Å². The zero-order valence-electron chi connectivity index (χ0n) is 45.9. The second kappa shape index (κ2) is 17.1. The first-order valence-electron chi connectivity index (χ1n) is 27.3. The predicted molar refractivity (Wildman–Crippen MR) is 310 cm³/mol. The summed E-state index contributed by atoms with van der Waals surface area (Å²) in [7, 11) is 0. The molecule has 0 aliphatic heterocycles. The minimum absolute atomic E-state index is 0.0417. The smallest absolute Gasteiger partial charge is 0.0570 e. The van der Waals surface area contributed by atoms with Gasteiger partial charge in [-0.2, -0.15) is 0 Å². The van der Waals surface area contributed by atoms with E-state index in [-0.39, 0.29) is 22.1 Å². The van der Waals surface area contributed by atoms with Crippen LogP contribution in [0.4, 0.5) is 0 Å². The number of nitrogens with zero attached hydrogens (tertiary/aromatic N) is 5. The van der Waals surface area contributed by atoms with Crippen LogP contribution in [-0.4, -0.2) is 23.1 Å². The summed E-state index contributed by atoms with van der Waals surface area (Å²) in [5.74, 6) is 1.16. The Labute approximate surface area is 456 Å². The fraction of sp³-hybridized carbons (Fsp3) is 0.130. The first-order chi connectivity index (χ1) is 38.0. The summed E-state index contributed by atoms with van der Waals surface area (Å²) in [6, 6.07) is 72.8. The van der Waals surface area contributed by atoms with Gasteiger partial charge in [0.05, 0.1) is 16.6 Å². The Bertz CT molecular complexity index is 4810. The van der Waals surface area contributed by atoms with Crippen LogP contribution >= 0.6 is 0 Å². The molecule has 5 aromatic heterocycles. The summed E-state index contributed by atoms with van der Waals surface area (Å²) >= 11 is 2.43. The molecule has 7 heteroatoms. The predicted octanol–water partition coefficient (Wildman–Crippen LogP) is 17.8. The van der Waals surface area contributed by atoms with Gasteiger partial charge in [-0.05, 0) is 12.1 Å². The molecule has 372 valence electrons. The molecule has 0 spiro atoms. The number of hydrogen-bond donors (Lipinski definition) is 0. The number of rotatable bonds is 7. The van der Waals surface area contributed by atoms with E-state index in [0.29, 0.717) is 11.4 Å². The van der Waals surface area contributed by atoms with Gasteiger partial charge in [0.15, 0.2) is 0 Å². The van der Waals surface area contributed by atoms with Crippen molar-refractivity contribution in [3.05, 3.63) is 227 Å². The molecule has 9 aromatic carbocycles. The first kappa shape index (κ1) is 43.0.